The summed E-state index contributed by atoms with van der Waals surface area (Å²) in [5.41, 5.74) is -0.519. The number of hydrogen-bond acceptors (Lipinski definition) is 4. The van der Waals surface area contributed by atoms with E-state index in [1.807, 2.05) is 0 Å². The number of halogens is 3. The zero-order valence-corrected chi connectivity index (χ0v) is 14.8. The van der Waals surface area contributed by atoms with Gasteiger partial charge in [-0.1, -0.05) is 18.7 Å². The first-order valence-corrected chi connectivity index (χ1v) is 8.52. The number of amides is 1. The number of benzene rings is 1. The molecule has 9 heteroatoms. The average Bonchev–Trinajstić information content (AvgIpc) is 3.10. The third-order valence-electron chi connectivity index (χ3n) is 4.52. The highest BCUT2D eigenvalue weighted by Gasteiger charge is 2.37. The SMILES string of the molecule is C=CC(=O)N1CC(OCc2ccc(C(F)(F)F)cc2)C(n2ncccc2=O)C1. The van der Waals surface area contributed by atoms with Gasteiger partial charge in [0.05, 0.1) is 18.3 Å². The smallest absolute Gasteiger partial charge is 0.369 e. The van der Waals surface area contributed by atoms with E-state index in [0.29, 0.717) is 5.56 Å². The molecule has 2 atom stereocenters. The molecule has 148 valence electrons. The summed E-state index contributed by atoms with van der Waals surface area (Å²) in [6.07, 6.45) is -2.30. The number of aromatic nitrogens is 2. The number of ether oxygens (including phenoxy) is 1. The number of likely N-dealkylation sites (tertiary alicyclic amines) is 1. The number of carbonyl (C=O) groups is 1. The van der Waals surface area contributed by atoms with Crippen molar-refractivity contribution in [1.29, 1.82) is 0 Å². The first kappa shape index (κ1) is 19.8. The minimum atomic E-state index is -4.40. The lowest BCUT2D eigenvalue weighted by Gasteiger charge is -2.19. The minimum Gasteiger partial charge on any atom is -0.369 e. The third kappa shape index (κ3) is 4.30. The molecule has 1 aromatic carbocycles. The van der Waals surface area contributed by atoms with Gasteiger partial charge >= 0.3 is 6.18 Å². The Bertz CT molecular complexity index is 909. The van der Waals surface area contributed by atoms with Gasteiger partial charge in [-0.05, 0) is 29.8 Å². The lowest BCUT2D eigenvalue weighted by atomic mass is 10.1. The molecule has 0 radical (unpaired) electrons. The maximum absolute atomic E-state index is 12.7. The van der Waals surface area contributed by atoms with Gasteiger partial charge in [0.1, 0.15) is 6.04 Å². The number of nitrogens with zero attached hydrogens (tertiary/aromatic N) is 3. The van der Waals surface area contributed by atoms with Crippen molar-refractivity contribution < 1.29 is 22.7 Å². The summed E-state index contributed by atoms with van der Waals surface area (Å²) in [7, 11) is 0. The van der Waals surface area contributed by atoms with Crippen LogP contribution in [0.1, 0.15) is 17.2 Å². The topological polar surface area (TPSA) is 64.4 Å². The Morgan fingerprint density at radius 3 is 2.57 bits per heavy atom. The monoisotopic (exact) mass is 393 g/mol. The summed E-state index contributed by atoms with van der Waals surface area (Å²) in [5, 5.41) is 4.06. The molecule has 0 N–H and O–H groups in total. The fourth-order valence-corrected chi connectivity index (χ4v) is 3.08. The first-order chi connectivity index (χ1) is 13.3. The first-order valence-electron chi connectivity index (χ1n) is 8.52. The molecule has 2 aromatic rings. The van der Waals surface area contributed by atoms with Gasteiger partial charge in [0.25, 0.3) is 5.56 Å². The Morgan fingerprint density at radius 1 is 1.25 bits per heavy atom. The Labute approximate surface area is 158 Å². The average molecular weight is 393 g/mol. The van der Waals surface area contributed by atoms with Crippen LogP contribution in [0.5, 0.6) is 0 Å². The van der Waals surface area contributed by atoms with E-state index in [9.17, 15) is 22.8 Å². The molecule has 3 rings (SSSR count). The molecule has 1 amide bonds. The zero-order chi connectivity index (χ0) is 20.3. The van der Waals surface area contributed by atoms with Gasteiger partial charge in [0, 0.05) is 25.4 Å². The molecule has 2 unspecified atom stereocenters. The van der Waals surface area contributed by atoms with E-state index in [1.165, 1.54) is 46.1 Å². The quantitative estimate of drug-likeness (QED) is 0.732. The third-order valence-corrected chi connectivity index (χ3v) is 4.52. The van der Waals surface area contributed by atoms with E-state index in [1.54, 1.807) is 0 Å². The second-order valence-electron chi connectivity index (χ2n) is 6.37. The van der Waals surface area contributed by atoms with Gasteiger partial charge in [0.15, 0.2) is 0 Å². The summed E-state index contributed by atoms with van der Waals surface area (Å²) >= 11 is 0. The largest absolute Gasteiger partial charge is 0.416 e. The summed E-state index contributed by atoms with van der Waals surface area (Å²) in [6, 6.07) is 7.02. The molecule has 28 heavy (non-hydrogen) atoms. The second-order valence-corrected chi connectivity index (χ2v) is 6.37. The molecule has 1 aliphatic rings. The number of carbonyl (C=O) groups excluding carboxylic acids is 1. The Hall–Kier alpha value is -2.94. The molecule has 0 bridgehead atoms. The molecule has 1 saturated heterocycles. The molecule has 0 spiro atoms. The molecule has 1 aromatic heterocycles. The van der Waals surface area contributed by atoms with Crippen molar-refractivity contribution in [3.8, 4) is 0 Å². The van der Waals surface area contributed by atoms with E-state index in [2.05, 4.69) is 11.7 Å². The Morgan fingerprint density at radius 2 is 1.96 bits per heavy atom. The highest BCUT2D eigenvalue weighted by molar-refractivity contribution is 5.87. The van der Waals surface area contributed by atoms with E-state index < -0.39 is 23.9 Å². The normalized spacial score (nSPS) is 19.6. The number of alkyl halides is 3. The van der Waals surface area contributed by atoms with Gasteiger partial charge in [-0.2, -0.15) is 18.3 Å². The summed E-state index contributed by atoms with van der Waals surface area (Å²) in [4.78, 5) is 25.6. The van der Waals surface area contributed by atoms with Crippen molar-refractivity contribution in [3.63, 3.8) is 0 Å². The highest BCUT2D eigenvalue weighted by Crippen LogP contribution is 2.29. The Kier molecular flexibility index (Phi) is 5.64. The predicted molar refractivity (Wildman–Crippen MR) is 94.3 cm³/mol. The van der Waals surface area contributed by atoms with Crippen molar-refractivity contribution in [2.24, 2.45) is 0 Å². The minimum absolute atomic E-state index is 0.0387. The van der Waals surface area contributed by atoms with Gasteiger partial charge < -0.3 is 9.64 Å². The van der Waals surface area contributed by atoms with Crippen molar-refractivity contribution in [3.05, 3.63) is 76.7 Å². The van der Waals surface area contributed by atoms with E-state index in [4.69, 9.17) is 4.74 Å². The maximum Gasteiger partial charge on any atom is 0.416 e. The molecule has 0 aliphatic carbocycles. The predicted octanol–water partition coefficient (Wildman–Crippen LogP) is 2.42. The second kappa shape index (κ2) is 7.97. The van der Waals surface area contributed by atoms with Gasteiger partial charge in [-0.3, -0.25) is 9.59 Å². The van der Waals surface area contributed by atoms with Crippen LogP contribution in [0.15, 0.2) is 60.0 Å². The van der Waals surface area contributed by atoms with Crippen molar-refractivity contribution in [2.75, 3.05) is 13.1 Å². The highest BCUT2D eigenvalue weighted by atomic mass is 19.4. The number of rotatable bonds is 5. The fraction of sp³-hybridized carbons (Fsp3) is 0.316. The summed E-state index contributed by atoms with van der Waals surface area (Å²) < 4.78 is 45.1. The summed E-state index contributed by atoms with van der Waals surface area (Å²) in [5.74, 6) is -0.297. The van der Waals surface area contributed by atoms with Crippen molar-refractivity contribution in [2.45, 2.75) is 24.9 Å². The van der Waals surface area contributed by atoms with E-state index >= 15 is 0 Å². The van der Waals surface area contributed by atoms with Crippen LogP contribution in [0, 0.1) is 0 Å². The van der Waals surface area contributed by atoms with Crippen LogP contribution < -0.4 is 5.56 Å². The zero-order valence-electron chi connectivity index (χ0n) is 14.8. The molecule has 0 saturated carbocycles. The molecule has 6 nitrogen and oxygen atoms in total. The van der Waals surface area contributed by atoms with Crippen LogP contribution in [-0.2, 0) is 22.3 Å². The van der Waals surface area contributed by atoms with Crippen LogP contribution in [-0.4, -0.2) is 39.8 Å². The van der Waals surface area contributed by atoms with Crippen LogP contribution in [0.25, 0.3) is 0 Å². The lowest BCUT2D eigenvalue weighted by molar-refractivity contribution is -0.137. The van der Waals surface area contributed by atoms with Crippen molar-refractivity contribution in [1.82, 2.24) is 14.7 Å². The van der Waals surface area contributed by atoms with Crippen LogP contribution in [0.3, 0.4) is 0 Å². The van der Waals surface area contributed by atoms with E-state index in [0.717, 1.165) is 12.1 Å². The van der Waals surface area contributed by atoms with E-state index in [-0.39, 0.29) is 31.2 Å². The van der Waals surface area contributed by atoms with Gasteiger partial charge in [-0.15, -0.1) is 0 Å². The lowest BCUT2D eigenvalue weighted by Crippen LogP contribution is -2.34. The number of hydrogen-bond donors (Lipinski definition) is 0. The van der Waals surface area contributed by atoms with Crippen molar-refractivity contribution >= 4 is 5.91 Å². The summed E-state index contributed by atoms with van der Waals surface area (Å²) in [6.45, 7) is 3.94. The molecule has 1 aliphatic heterocycles. The molecule has 2 heterocycles. The standard InChI is InChI=1S/C19H18F3N3O3/c1-2-17(26)24-10-15(25-18(27)4-3-9-23-25)16(11-24)28-12-13-5-7-14(8-6-13)19(20,21)22/h2-9,15-16H,1,10-12H2. The van der Waals surface area contributed by atoms with Gasteiger partial charge in [0.2, 0.25) is 5.91 Å². The molecular weight excluding hydrogens is 375 g/mol. The Balaban J connectivity index is 1.76. The maximum atomic E-state index is 12.7. The molecule has 1 fully saturated rings. The van der Waals surface area contributed by atoms with Crippen LogP contribution in [0.2, 0.25) is 0 Å². The van der Waals surface area contributed by atoms with Gasteiger partial charge in [-0.25, -0.2) is 4.68 Å². The van der Waals surface area contributed by atoms with Crippen LogP contribution >= 0.6 is 0 Å². The molecular formula is C19H18F3N3O3. The fourth-order valence-electron chi connectivity index (χ4n) is 3.08. The van der Waals surface area contributed by atoms with Crippen LogP contribution in [0.4, 0.5) is 13.2 Å².